The largest absolute Gasteiger partial charge is 0.424 e. The molecule has 8 heteroatoms. The van der Waals surface area contributed by atoms with Crippen molar-refractivity contribution in [1.29, 1.82) is 0 Å². The molecule has 1 aliphatic rings. The molecule has 7 nitrogen and oxygen atoms in total. The SMILES string of the molecule is CCc1nnc(CN2CCN(S(=O)(=O)c3ccc(C(C)C)cc3)CC2)o1. The molecule has 1 aromatic carbocycles. The molecule has 0 saturated carbocycles. The van der Waals surface area contributed by atoms with Gasteiger partial charge in [-0.1, -0.05) is 32.9 Å². The summed E-state index contributed by atoms with van der Waals surface area (Å²) in [5, 5.41) is 7.99. The standard InChI is InChI=1S/C18H26N4O3S/c1-4-17-19-20-18(25-17)13-21-9-11-22(12-10-21)26(23,24)16-7-5-15(6-8-16)14(2)3/h5-8,14H,4,9-13H2,1-3H3. The number of rotatable bonds is 6. The van der Waals surface area contributed by atoms with E-state index in [4.69, 9.17) is 4.42 Å². The van der Waals surface area contributed by atoms with Crippen LogP contribution in [0, 0.1) is 0 Å². The van der Waals surface area contributed by atoms with Crippen LogP contribution in [0.5, 0.6) is 0 Å². The van der Waals surface area contributed by atoms with Gasteiger partial charge in [0.25, 0.3) is 0 Å². The molecule has 0 radical (unpaired) electrons. The lowest BCUT2D eigenvalue weighted by Gasteiger charge is -2.33. The molecule has 1 aromatic heterocycles. The van der Waals surface area contributed by atoms with Crippen LogP contribution in [0.15, 0.2) is 33.6 Å². The summed E-state index contributed by atoms with van der Waals surface area (Å²) in [6.45, 7) is 8.93. The number of hydrogen-bond acceptors (Lipinski definition) is 6. The summed E-state index contributed by atoms with van der Waals surface area (Å²) in [5.74, 6) is 1.60. The van der Waals surface area contributed by atoms with Crippen molar-refractivity contribution in [2.45, 2.75) is 44.6 Å². The average Bonchev–Trinajstić information content (AvgIpc) is 3.10. The molecule has 26 heavy (non-hydrogen) atoms. The molecule has 1 fully saturated rings. The Morgan fingerprint density at radius 1 is 1.04 bits per heavy atom. The van der Waals surface area contributed by atoms with Gasteiger partial charge in [-0.2, -0.15) is 4.31 Å². The highest BCUT2D eigenvalue weighted by atomic mass is 32.2. The Labute approximate surface area is 155 Å². The van der Waals surface area contributed by atoms with E-state index in [1.807, 2.05) is 19.1 Å². The minimum absolute atomic E-state index is 0.361. The zero-order valence-electron chi connectivity index (χ0n) is 15.6. The van der Waals surface area contributed by atoms with E-state index in [0.29, 0.717) is 61.7 Å². The third kappa shape index (κ3) is 4.13. The highest BCUT2D eigenvalue weighted by Gasteiger charge is 2.29. The van der Waals surface area contributed by atoms with Crippen molar-refractivity contribution in [2.75, 3.05) is 26.2 Å². The smallest absolute Gasteiger partial charge is 0.243 e. The third-order valence-electron chi connectivity index (χ3n) is 4.69. The Balaban J connectivity index is 1.61. The van der Waals surface area contributed by atoms with Gasteiger partial charge in [-0.05, 0) is 23.6 Å². The van der Waals surface area contributed by atoms with Crippen LogP contribution in [-0.2, 0) is 23.0 Å². The van der Waals surface area contributed by atoms with E-state index in [1.54, 1.807) is 16.4 Å². The summed E-state index contributed by atoms with van der Waals surface area (Å²) >= 11 is 0. The maximum atomic E-state index is 12.8. The predicted octanol–water partition coefficient (Wildman–Crippen LogP) is 2.26. The van der Waals surface area contributed by atoms with Crippen molar-refractivity contribution < 1.29 is 12.8 Å². The van der Waals surface area contributed by atoms with Crippen molar-refractivity contribution >= 4 is 10.0 Å². The van der Waals surface area contributed by atoms with Crippen molar-refractivity contribution in [3.8, 4) is 0 Å². The Bertz CT molecular complexity index is 822. The van der Waals surface area contributed by atoms with E-state index in [2.05, 4.69) is 28.9 Å². The molecule has 0 bridgehead atoms. The van der Waals surface area contributed by atoms with Gasteiger partial charge in [0, 0.05) is 32.6 Å². The number of benzene rings is 1. The molecule has 0 atom stereocenters. The van der Waals surface area contributed by atoms with Crippen molar-refractivity contribution in [2.24, 2.45) is 0 Å². The van der Waals surface area contributed by atoms with Crippen LogP contribution in [0.1, 0.15) is 44.0 Å². The Morgan fingerprint density at radius 2 is 1.65 bits per heavy atom. The van der Waals surface area contributed by atoms with E-state index in [1.165, 1.54) is 0 Å². The molecular formula is C18H26N4O3S. The number of aryl methyl sites for hydroxylation is 1. The third-order valence-corrected chi connectivity index (χ3v) is 6.60. The molecule has 0 aliphatic carbocycles. The zero-order valence-corrected chi connectivity index (χ0v) is 16.4. The number of piperazine rings is 1. The normalized spacial score (nSPS) is 17.1. The Kier molecular flexibility index (Phi) is 5.74. The van der Waals surface area contributed by atoms with Gasteiger partial charge in [0.15, 0.2) is 0 Å². The van der Waals surface area contributed by atoms with Gasteiger partial charge in [0.1, 0.15) is 0 Å². The highest BCUT2D eigenvalue weighted by Crippen LogP contribution is 2.21. The highest BCUT2D eigenvalue weighted by molar-refractivity contribution is 7.89. The van der Waals surface area contributed by atoms with Crippen LogP contribution in [0.25, 0.3) is 0 Å². The fraction of sp³-hybridized carbons (Fsp3) is 0.556. The van der Waals surface area contributed by atoms with E-state index in [9.17, 15) is 8.42 Å². The molecule has 0 unspecified atom stereocenters. The lowest BCUT2D eigenvalue weighted by molar-refractivity contribution is 0.167. The van der Waals surface area contributed by atoms with E-state index < -0.39 is 10.0 Å². The summed E-state index contributed by atoms with van der Waals surface area (Å²) < 4.78 is 32.8. The van der Waals surface area contributed by atoms with Gasteiger partial charge in [-0.15, -0.1) is 10.2 Å². The van der Waals surface area contributed by atoms with E-state index in [-0.39, 0.29) is 0 Å². The number of nitrogens with zero attached hydrogens (tertiary/aromatic N) is 4. The van der Waals surface area contributed by atoms with Crippen molar-refractivity contribution in [3.63, 3.8) is 0 Å². The fourth-order valence-corrected chi connectivity index (χ4v) is 4.41. The number of hydrogen-bond donors (Lipinski definition) is 0. The first-order valence-corrected chi connectivity index (χ1v) is 10.5. The molecule has 142 valence electrons. The summed E-state index contributed by atoms with van der Waals surface area (Å²) in [4.78, 5) is 2.50. The van der Waals surface area contributed by atoms with Gasteiger partial charge < -0.3 is 4.42 Å². The van der Waals surface area contributed by atoms with Gasteiger partial charge in [0.2, 0.25) is 21.8 Å². The van der Waals surface area contributed by atoms with Crippen LogP contribution >= 0.6 is 0 Å². The number of aromatic nitrogens is 2. The number of sulfonamides is 1. The second-order valence-electron chi connectivity index (χ2n) is 6.85. The van der Waals surface area contributed by atoms with Crippen LogP contribution in [-0.4, -0.2) is 54.0 Å². The first-order valence-electron chi connectivity index (χ1n) is 9.04. The molecule has 3 rings (SSSR count). The van der Waals surface area contributed by atoms with Gasteiger partial charge >= 0.3 is 0 Å². The van der Waals surface area contributed by atoms with Crippen LogP contribution in [0.3, 0.4) is 0 Å². The molecule has 1 saturated heterocycles. The van der Waals surface area contributed by atoms with E-state index >= 15 is 0 Å². The van der Waals surface area contributed by atoms with E-state index in [0.717, 1.165) is 5.56 Å². The molecule has 2 aromatic rings. The Hall–Kier alpha value is -1.77. The molecule has 0 N–H and O–H groups in total. The lowest BCUT2D eigenvalue weighted by Crippen LogP contribution is -2.48. The minimum Gasteiger partial charge on any atom is -0.424 e. The van der Waals surface area contributed by atoms with Crippen LogP contribution < -0.4 is 0 Å². The zero-order chi connectivity index (χ0) is 18.7. The maximum Gasteiger partial charge on any atom is 0.243 e. The maximum absolute atomic E-state index is 12.8. The second kappa shape index (κ2) is 7.85. The van der Waals surface area contributed by atoms with Gasteiger partial charge in [-0.25, -0.2) is 8.42 Å². The second-order valence-corrected chi connectivity index (χ2v) is 8.78. The van der Waals surface area contributed by atoms with Crippen molar-refractivity contribution in [3.05, 3.63) is 41.6 Å². The first-order chi connectivity index (χ1) is 12.4. The molecule has 0 amide bonds. The van der Waals surface area contributed by atoms with Crippen LogP contribution in [0.2, 0.25) is 0 Å². The lowest BCUT2D eigenvalue weighted by atomic mass is 10.0. The molecule has 0 spiro atoms. The average molecular weight is 378 g/mol. The minimum atomic E-state index is -3.45. The van der Waals surface area contributed by atoms with Gasteiger partial charge in [0.05, 0.1) is 11.4 Å². The summed E-state index contributed by atoms with van der Waals surface area (Å²) in [6.07, 6.45) is 0.717. The monoisotopic (exact) mass is 378 g/mol. The van der Waals surface area contributed by atoms with Crippen molar-refractivity contribution in [1.82, 2.24) is 19.4 Å². The summed E-state index contributed by atoms with van der Waals surface area (Å²) in [5.41, 5.74) is 1.14. The topological polar surface area (TPSA) is 79.5 Å². The molecular weight excluding hydrogens is 352 g/mol. The quantitative estimate of drug-likeness (QED) is 0.767. The summed E-state index contributed by atoms with van der Waals surface area (Å²) in [7, 11) is -3.45. The fourth-order valence-electron chi connectivity index (χ4n) is 2.99. The van der Waals surface area contributed by atoms with Gasteiger partial charge in [-0.3, -0.25) is 4.90 Å². The predicted molar refractivity (Wildman–Crippen MR) is 98.2 cm³/mol. The van der Waals surface area contributed by atoms with Crippen LogP contribution in [0.4, 0.5) is 0 Å². The summed E-state index contributed by atoms with van der Waals surface area (Å²) in [6, 6.07) is 7.22. The molecule has 2 heterocycles. The Morgan fingerprint density at radius 3 is 2.19 bits per heavy atom. The first kappa shape index (κ1) is 19.0. The molecule has 1 aliphatic heterocycles.